The number of methoxy groups -OCH3 is 2. The predicted molar refractivity (Wildman–Crippen MR) is 101 cm³/mol. The van der Waals surface area contributed by atoms with Gasteiger partial charge in [0.2, 0.25) is 0 Å². The molecule has 0 spiro atoms. The molecule has 0 bridgehead atoms. The number of rotatable bonds is 4. The molecule has 0 fully saturated rings. The van der Waals surface area contributed by atoms with Crippen LogP contribution in [0.5, 0.6) is 11.5 Å². The standard InChI is InChI=1S/C19H16FN5O3/c1-25-13-6-5-11(20)9-12(13)16-17(25)21-19(24-23-16)22-18(26)10-4-7-14(27-2)15(8-10)28-3/h4-9H,1-3H3,(H,21,22,24,26). The summed E-state index contributed by atoms with van der Waals surface area (Å²) in [6, 6.07) is 9.19. The van der Waals surface area contributed by atoms with Gasteiger partial charge in [-0.3, -0.25) is 10.1 Å². The first kappa shape index (κ1) is 17.7. The molecule has 0 aliphatic rings. The summed E-state index contributed by atoms with van der Waals surface area (Å²) in [5.74, 6) is 0.194. The SMILES string of the molecule is COc1ccc(C(=O)Nc2nnc3c4cc(F)ccc4n(C)c3n2)cc1OC. The summed E-state index contributed by atoms with van der Waals surface area (Å²) in [5, 5.41) is 11.3. The monoisotopic (exact) mass is 381 g/mol. The van der Waals surface area contributed by atoms with E-state index in [1.165, 1.54) is 26.4 Å². The molecular weight excluding hydrogens is 365 g/mol. The smallest absolute Gasteiger partial charge is 0.258 e. The fraction of sp³-hybridized carbons (Fsp3) is 0.158. The lowest BCUT2D eigenvalue weighted by atomic mass is 10.2. The van der Waals surface area contributed by atoms with Gasteiger partial charge in [0.05, 0.1) is 19.7 Å². The summed E-state index contributed by atoms with van der Waals surface area (Å²) in [4.78, 5) is 16.9. The molecule has 0 aliphatic carbocycles. The fourth-order valence-corrected chi connectivity index (χ4v) is 3.03. The van der Waals surface area contributed by atoms with E-state index in [9.17, 15) is 9.18 Å². The minimum atomic E-state index is -0.424. The Balaban J connectivity index is 1.69. The number of hydrogen-bond acceptors (Lipinski definition) is 6. The Morgan fingerprint density at radius 3 is 2.61 bits per heavy atom. The number of aryl methyl sites for hydroxylation is 1. The van der Waals surface area contributed by atoms with Gasteiger partial charge in [-0.1, -0.05) is 0 Å². The number of anilines is 1. The van der Waals surface area contributed by atoms with Gasteiger partial charge in [-0.05, 0) is 36.4 Å². The van der Waals surface area contributed by atoms with Crippen molar-refractivity contribution in [1.29, 1.82) is 0 Å². The van der Waals surface area contributed by atoms with Crippen molar-refractivity contribution in [3.63, 3.8) is 0 Å². The maximum Gasteiger partial charge on any atom is 0.258 e. The number of aromatic nitrogens is 4. The molecule has 0 saturated heterocycles. The van der Waals surface area contributed by atoms with Gasteiger partial charge in [-0.15, -0.1) is 10.2 Å². The normalized spacial score (nSPS) is 11.0. The number of ether oxygens (including phenoxy) is 2. The lowest BCUT2D eigenvalue weighted by Gasteiger charge is -2.09. The van der Waals surface area contributed by atoms with Gasteiger partial charge in [0.15, 0.2) is 17.1 Å². The van der Waals surface area contributed by atoms with Crippen molar-refractivity contribution in [2.75, 3.05) is 19.5 Å². The first-order valence-corrected chi connectivity index (χ1v) is 8.33. The summed E-state index contributed by atoms with van der Waals surface area (Å²) in [7, 11) is 4.79. The zero-order chi connectivity index (χ0) is 19.8. The lowest BCUT2D eigenvalue weighted by Crippen LogP contribution is -2.15. The molecule has 28 heavy (non-hydrogen) atoms. The second kappa shape index (κ2) is 6.76. The van der Waals surface area contributed by atoms with Gasteiger partial charge >= 0.3 is 0 Å². The summed E-state index contributed by atoms with van der Waals surface area (Å²) in [6.07, 6.45) is 0. The fourth-order valence-electron chi connectivity index (χ4n) is 3.03. The average Bonchev–Trinajstić information content (AvgIpc) is 2.98. The van der Waals surface area contributed by atoms with Crippen LogP contribution in [0, 0.1) is 5.82 Å². The Bertz CT molecular complexity index is 1220. The Labute approximate surface area is 158 Å². The van der Waals surface area contributed by atoms with Crippen LogP contribution in [0.15, 0.2) is 36.4 Å². The second-order valence-electron chi connectivity index (χ2n) is 6.05. The number of fused-ring (bicyclic) bond motifs is 3. The Kier molecular flexibility index (Phi) is 4.26. The van der Waals surface area contributed by atoms with Crippen LogP contribution in [0.4, 0.5) is 10.3 Å². The van der Waals surface area contributed by atoms with Gasteiger partial charge in [0.25, 0.3) is 11.9 Å². The highest BCUT2D eigenvalue weighted by Crippen LogP contribution is 2.28. The molecule has 142 valence electrons. The van der Waals surface area contributed by atoms with Gasteiger partial charge in [0, 0.05) is 18.0 Å². The topological polar surface area (TPSA) is 91.2 Å². The summed E-state index contributed by atoms with van der Waals surface area (Å²) < 4.78 is 25.7. The zero-order valence-electron chi connectivity index (χ0n) is 15.4. The van der Waals surface area contributed by atoms with E-state index in [0.717, 1.165) is 5.52 Å². The van der Waals surface area contributed by atoms with E-state index < -0.39 is 5.91 Å². The Hall–Kier alpha value is -3.75. The molecule has 0 unspecified atom stereocenters. The van der Waals surface area contributed by atoms with Gasteiger partial charge < -0.3 is 14.0 Å². The first-order chi connectivity index (χ1) is 13.5. The van der Waals surface area contributed by atoms with E-state index >= 15 is 0 Å². The molecule has 2 aromatic carbocycles. The lowest BCUT2D eigenvalue weighted by molar-refractivity contribution is 0.102. The Morgan fingerprint density at radius 1 is 1.07 bits per heavy atom. The van der Waals surface area contributed by atoms with Crippen LogP contribution in [-0.2, 0) is 7.05 Å². The third kappa shape index (κ3) is 2.86. The predicted octanol–water partition coefficient (Wildman–Crippen LogP) is 2.93. The maximum atomic E-state index is 13.6. The molecule has 0 aliphatic heterocycles. The number of halogens is 1. The summed E-state index contributed by atoms with van der Waals surface area (Å²) in [5.41, 5.74) is 2.06. The molecule has 0 radical (unpaired) electrons. The van der Waals surface area contributed by atoms with Gasteiger partial charge in [0.1, 0.15) is 11.3 Å². The van der Waals surface area contributed by atoms with Crippen molar-refractivity contribution in [2.24, 2.45) is 7.05 Å². The van der Waals surface area contributed by atoms with Gasteiger partial charge in [-0.25, -0.2) is 4.39 Å². The van der Waals surface area contributed by atoms with E-state index in [-0.39, 0.29) is 11.8 Å². The highest BCUT2D eigenvalue weighted by Gasteiger charge is 2.16. The number of carbonyl (C=O) groups excluding carboxylic acids is 1. The number of benzene rings is 2. The second-order valence-corrected chi connectivity index (χ2v) is 6.05. The molecule has 8 nitrogen and oxygen atoms in total. The molecular formula is C19H16FN5O3. The molecule has 1 amide bonds. The van der Waals surface area contributed by atoms with Crippen LogP contribution >= 0.6 is 0 Å². The third-order valence-electron chi connectivity index (χ3n) is 4.43. The molecule has 0 saturated carbocycles. The summed E-state index contributed by atoms with van der Waals surface area (Å²) >= 11 is 0. The number of carbonyl (C=O) groups is 1. The summed E-state index contributed by atoms with van der Waals surface area (Å²) in [6.45, 7) is 0. The number of hydrogen-bond donors (Lipinski definition) is 1. The van der Waals surface area contributed by atoms with Crippen molar-refractivity contribution in [3.05, 3.63) is 47.8 Å². The minimum Gasteiger partial charge on any atom is -0.493 e. The van der Waals surface area contributed by atoms with Crippen LogP contribution in [0.25, 0.3) is 22.1 Å². The molecule has 0 atom stereocenters. The van der Waals surface area contributed by atoms with Crippen LogP contribution in [0.1, 0.15) is 10.4 Å². The van der Waals surface area contributed by atoms with Crippen LogP contribution < -0.4 is 14.8 Å². The van der Waals surface area contributed by atoms with Gasteiger partial charge in [-0.2, -0.15) is 4.98 Å². The zero-order valence-corrected chi connectivity index (χ0v) is 15.4. The molecule has 4 aromatic rings. The molecule has 2 aromatic heterocycles. The number of nitrogens with one attached hydrogen (secondary N) is 1. The molecule has 1 N–H and O–H groups in total. The Morgan fingerprint density at radius 2 is 1.86 bits per heavy atom. The van der Waals surface area contributed by atoms with Crippen molar-refractivity contribution >= 4 is 33.9 Å². The first-order valence-electron chi connectivity index (χ1n) is 8.33. The van der Waals surface area contributed by atoms with Crippen molar-refractivity contribution in [3.8, 4) is 11.5 Å². The van der Waals surface area contributed by atoms with E-state index in [2.05, 4.69) is 20.5 Å². The van der Waals surface area contributed by atoms with Crippen LogP contribution in [-0.4, -0.2) is 39.9 Å². The maximum absolute atomic E-state index is 13.6. The van der Waals surface area contributed by atoms with E-state index in [0.29, 0.717) is 33.6 Å². The van der Waals surface area contributed by atoms with Crippen molar-refractivity contribution in [2.45, 2.75) is 0 Å². The minimum absolute atomic E-state index is 0.0404. The van der Waals surface area contributed by atoms with E-state index in [4.69, 9.17) is 9.47 Å². The molecule has 2 heterocycles. The third-order valence-corrected chi connectivity index (χ3v) is 4.43. The molecule has 4 rings (SSSR count). The average molecular weight is 381 g/mol. The molecule has 9 heteroatoms. The largest absolute Gasteiger partial charge is 0.493 e. The van der Waals surface area contributed by atoms with Crippen molar-refractivity contribution in [1.82, 2.24) is 19.7 Å². The number of nitrogens with zero attached hydrogens (tertiary/aromatic N) is 4. The highest BCUT2D eigenvalue weighted by molar-refractivity contribution is 6.06. The highest BCUT2D eigenvalue weighted by atomic mass is 19.1. The van der Waals surface area contributed by atoms with Crippen LogP contribution in [0.2, 0.25) is 0 Å². The quantitative estimate of drug-likeness (QED) is 0.584. The van der Waals surface area contributed by atoms with Crippen LogP contribution in [0.3, 0.4) is 0 Å². The van der Waals surface area contributed by atoms with E-state index in [1.54, 1.807) is 35.9 Å². The van der Waals surface area contributed by atoms with E-state index in [1.807, 2.05) is 0 Å². The number of amides is 1. The van der Waals surface area contributed by atoms with Crippen molar-refractivity contribution < 1.29 is 18.7 Å².